The Bertz CT molecular complexity index is 561. The molecular formula is C17H20N2O. The summed E-state index contributed by atoms with van der Waals surface area (Å²) in [5.74, 6) is 0.359. The van der Waals surface area contributed by atoms with E-state index in [9.17, 15) is 4.79 Å². The lowest BCUT2D eigenvalue weighted by Gasteiger charge is -2.39. The summed E-state index contributed by atoms with van der Waals surface area (Å²) in [6.45, 7) is 1.95. The monoisotopic (exact) mass is 268 g/mol. The van der Waals surface area contributed by atoms with Crippen LogP contribution in [0.1, 0.15) is 53.6 Å². The predicted octanol–water partition coefficient (Wildman–Crippen LogP) is 2.97. The summed E-state index contributed by atoms with van der Waals surface area (Å²) in [6, 6.07) is 8.57. The van der Waals surface area contributed by atoms with Crippen LogP contribution in [-0.4, -0.2) is 17.9 Å². The average molecular weight is 268 g/mol. The fourth-order valence-electron chi connectivity index (χ4n) is 3.66. The summed E-state index contributed by atoms with van der Waals surface area (Å²) < 4.78 is 0. The molecule has 2 unspecified atom stereocenters. The fourth-order valence-corrected chi connectivity index (χ4v) is 3.66. The van der Waals surface area contributed by atoms with Gasteiger partial charge in [-0.3, -0.25) is 4.79 Å². The van der Waals surface area contributed by atoms with Gasteiger partial charge in [-0.05, 0) is 50.3 Å². The van der Waals surface area contributed by atoms with Gasteiger partial charge >= 0.3 is 0 Å². The van der Waals surface area contributed by atoms with Gasteiger partial charge in [0, 0.05) is 23.6 Å². The van der Waals surface area contributed by atoms with E-state index < -0.39 is 0 Å². The van der Waals surface area contributed by atoms with Crippen molar-refractivity contribution in [2.24, 2.45) is 5.92 Å². The first-order valence-corrected chi connectivity index (χ1v) is 7.48. The molecule has 0 amide bonds. The molecule has 3 heteroatoms. The number of benzene rings is 1. The third-order valence-corrected chi connectivity index (χ3v) is 4.72. The Hall–Kier alpha value is -1.66. The Morgan fingerprint density at radius 3 is 2.65 bits per heavy atom. The van der Waals surface area contributed by atoms with E-state index in [1.54, 1.807) is 12.1 Å². The number of piperidine rings is 2. The van der Waals surface area contributed by atoms with Gasteiger partial charge in [0.05, 0.1) is 11.6 Å². The van der Waals surface area contributed by atoms with Crippen LogP contribution in [0.25, 0.3) is 0 Å². The van der Waals surface area contributed by atoms with Crippen LogP contribution < -0.4 is 5.32 Å². The Kier molecular flexibility index (Phi) is 3.58. The second-order valence-corrected chi connectivity index (χ2v) is 6.17. The van der Waals surface area contributed by atoms with E-state index in [0.717, 1.165) is 24.0 Å². The van der Waals surface area contributed by atoms with Crippen molar-refractivity contribution in [3.05, 3.63) is 34.9 Å². The lowest BCUT2D eigenvalue weighted by molar-refractivity contribution is 0.0824. The molecule has 3 rings (SSSR count). The van der Waals surface area contributed by atoms with Gasteiger partial charge in [-0.1, -0.05) is 12.5 Å². The molecule has 1 N–H and O–H groups in total. The molecule has 1 aromatic rings. The average Bonchev–Trinajstić information content (AvgIpc) is 2.46. The number of carbonyl (C=O) groups excluding carboxylic acids is 1. The lowest BCUT2D eigenvalue weighted by Crippen LogP contribution is -2.50. The van der Waals surface area contributed by atoms with E-state index >= 15 is 0 Å². The molecule has 3 nitrogen and oxygen atoms in total. The zero-order valence-electron chi connectivity index (χ0n) is 11.9. The Morgan fingerprint density at radius 2 is 2.00 bits per heavy atom. The van der Waals surface area contributed by atoms with Gasteiger partial charge in [-0.25, -0.2) is 0 Å². The van der Waals surface area contributed by atoms with Crippen LogP contribution in [0.15, 0.2) is 18.2 Å². The number of hydrogen-bond donors (Lipinski definition) is 1. The minimum Gasteiger partial charge on any atom is -0.311 e. The summed E-state index contributed by atoms with van der Waals surface area (Å²) in [5, 5.41) is 12.6. The van der Waals surface area contributed by atoms with Gasteiger partial charge in [0.15, 0.2) is 5.78 Å². The van der Waals surface area contributed by atoms with Crippen molar-refractivity contribution in [2.75, 3.05) is 0 Å². The lowest BCUT2D eigenvalue weighted by atomic mass is 9.76. The summed E-state index contributed by atoms with van der Waals surface area (Å²) in [4.78, 5) is 12.8. The number of carbonyl (C=O) groups is 1. The fraction of sp³-hybridized carbons (Fsp3) is 0.529. The highest BCUT2D eigenvalue weighted by Crippen LogP contribution is 2.32. The second-order valence-electron chi connectivity index (χ2n) is 6.17. The highest BCUT2D eigenvalue weighted by Gasteiger charge is 2.35. The Morgan fingerprint density at radius 1 is 1.30 bits per heavy atom. The molecule has 2 aliphatic heterocycles. The molecule has 2 aliphatic rings. The predicted molar refractivity (Wildman–Crippen MR) is 77.5 cm³/mol. The number of rotatable bonds is 2. The number of Topliss-reactive ketones (excluding diaryl/α,β-unsaturated/α-hetero) is 1. The zero-order valence-corrected chi connectivity index (χ0v) is 11.9. The number of aryl methyl sites for hydroxylation is 1. The molecule has 2 atom stereocenters. The minimum atomic E-state index is 0.124. The highest BCUT2D eigenvalue weighted by molar-refractivity contribution is 5.99. The van der Waals surface area contributed by atoms with Crippen LogP contribution in [0.2, 0.25) is 0 Å². The van der Waals surface area contributed by atoms with E-state index in [-0.39, 0.29) is 11.7 Å². The number of nitriles is 1. The Labute approximate surface area is 120 Å². The minimum absolute atomic E-state index is 0.124. The maximum absolute atomic E-state index is 12.8. The molecule has 0 aliphatic carbocycles. The van der Waals surface area contributed by atoms with Crippen molar-refractivity contribution in [1.82, 2.24) is 5.32 Å². The molecule has 104 valence electrons. The van der Waals surface area contributed by atoms with Gasteiger partial charge in [0.2, 0.25) is 0 Å². The molecule has 0 spiro atoms. The molecule has 2 saturated heterocycles. The van der Waals surface area contributed by atoms with Crippen molar-refractivity contribution in [1.29, 1.82) is 5.26 Å². The van der Waals surface area contributed by atoms with Gasteiger partial charge in [-0.15, -0.1) is 0 Å². The second kappa shape index (κ2) is 5.38. The highest BCUT2D eigenvalue weighted by atomic mass is 16.1. The number of hydrogen-bond acceptors (Lipinski definition) is 3. The van der Waals surface area contributed by atoms with Crippen molar-refractivity contribution < 1.29 is 4.79 Å². The Balaban J connectivity index is 1.84. The molecule has 0 aromatic heterocycles. The number of fused-ring (bicyclic) bond motifs is 2. The van der Waals surface area contributed by atoms with E-state index in [4.69, 9.17) is 5.26 Å². The van der Waals surface area contributed by atoms with Crippen molar-refractivity contribution in [3.63, 3.8) is 0 Å². The number of nitrogens with one attached hydrogen (secondary N) is 1. The normalized spacial score (nSPS) is 28.7. The molecule has 0 radical (unpaired) electrons. The van der Waals surface area contributed by atoms with E-state index in [2.05, 4.69) is 11.4 Å². The number of nitrogens with zero attached hydrogens (tertiary/aromatic N) is 1. The van der Waals surface area contributed by atoms with Gasteiger partial charge < -0.3 is 5.32 Å². The van der Waals surface area contributed by atoms with Crippen molar-refractivity contribution in [3.8, 4) is 6.07 Å². The van der Waals surface area contributed by atoms with Crippen LogP contribution in [-0.2, 0) is 0 Å². The molecule has 1 aromatic carbocycles. The molecular weight excluding hydrogens is 248 g/mol. The first-order chi connectivity index (χ1) is 9.67. The molecule has 2 heterocycles. The summed E-state index contributed by atoms with van der Waals surface area (Å²) in [7, 11) is 0. The molecule has 20 heavy (non-hydrogen) atoms. The van der Waals surface area contributed by atoms with Crippen LogP contribution in [0, 0.1) is 24.2 Å². The van der Waals surface area contributed by atoms with E-state index in [0.29, 0.717) is 17.6 Å². The SMILES string of the molecule is Cc1ccc(C#N)cc1C(=O)C1CC2CCCC(C1)N2. The quantitative estimate of drug-likeness (QED) is 0.839. The third kappa shape index (κ3) is 2.48. The summed E-state index contributed by atoms with van der Waals surface area (Å²) in [6.07, 6.45) is 5.57. The smallest absolute Gasteiger partial charge is 0.166 e. The van der Waals surface area contributed by atoms with Gasteiger partial charge in [0.1, 0.15) is 0 Å². The van der Waals surface area contributed by atoms with E-state index in [1.807, 2.05) is 13.0 Å². The standard InChI is InChI=1S/C17H20N2O/c1-11-5-6-12(10-18)7-16(11)17(20)13-8-14-3-2-4-15(9-13)19-14/h5-7,13-15,19H,2-4,8-9H2,1H3. The molecule has 2 fully saturated rings. The maximum Gasteiger partial charge on any atom is 0.166 e. The van der Waals surface area contributed by atoms with Gasteiger partial charge in [-0.2, -0.15) is 5.26 Å². The van der Waals surface area contributed by atoms with Gasteiger partial charge in [0.25, 0.3) is 0 Å². The maximum atomic E-state index is 12.8. The third-order valence-electron chi connectivity index (χ3n) is 4.72. The zero-order chi connectivity index (χ0) is 14.1. The van der Waals surface area contributed by atoms with Crippen molar-refractivity contribution in [2.45, 2.75) is 51.1 Å². The largest absolute Gasteiger partial charge is 0.311 e. The topological polar surface area (TPSA) is 52.9 Å². The number of ketones is 1. The van der Waals surface area contributed by atoms with Crippen LogP contribution >= 0.6 is 0 Å². The van der Waals surface area contributed by atoms with Crippen LogP contribution in [0.3, 0.4) is 0 Å². The molecule has 2 bridgehead atoms. The van der Waals surface area contributed by atoms with Crippen LogP contribution in [0.5, 0.6) is 0 Å². The first kappa shape index (κ1) is 13.3. The van der Waals surface area contributed by atoms with Crippen LogP contribution in [0.4, 0.5) is 0 Å². The van der Waals surface area contributed by atoms with Crippen molar-refractivity contribution >= 4 is 5.78 Å². The summed E-state index contributed by atoms with van der Waals surface area (Å²) in [5.41, 5.74) is 2.31. The molecule has 0 saturated carbocycles. The first-order valence-electron chi connectivity index (χ1n) is 7.48. The summed E-state index contributed by atoms with van der Waals surface area (Å²) >= 11 is 0. The van der Waals surface area contributed by atoms with E-state index in [1.165, 1.54) is 19.3 Å².